The van der Waals surface area contributed by atoms with Crippen molar-refractivity contribution in [3.05, 3.63) is 76.6 Å². The van der Waals surface area contributed by atoms with Gasteiger partial charge in [0.2, 0.25) is 0 Å². The molecule has 24 heavy (non-hydrogen) atoms. The Balaban J connectivity index is 2.16. The molecule has 0 aliphatic heterocycles. The first kappa shape index (κ1) is 13.0. The number of nitrogens with zero attached hydrogens (tertiary/aromatic N) is 2. The van der Waals surface area contributed by atoms with Crippen molar-refractivity contribution in [2.24, 2.45) is 0 Å². The van der Waals surface area contributed by atoms with Crippen molar-refractivity contribution in [2.75, 3.05) is 0 Å². The molecule has 5 nitrogen and oxygen atoms in total. The Hall–Kier alpha value is -3.47. The van der Waals surface area contributed by atoms with Crippen LogP contribution in [0.1, 0.15) is 0 Å². The number of nitrogens with one attached hydrogen (secondary N) is 1. The lowest BCUT2D eigenvalue weighted by Gasteiger charge is -2.09. The zero-order chi connectivity index (χ0) is 16.3. The van der Waals surface area contributed by atoms with Gasteiger partial charge in [-0.3, -0.25) is 9.81 Å². The third kappa shape index (κ3) is 1.61. The summed E-state index contributed by atoms with van der Waals surface area (Å²) in [4.78, 5) is 17.1. The molecule has 3 heterocycles. The molecule has 0 radical (unpaired) electrons. The van der Waals surface area contributed by atoms with Crippen molar-refractivity contribution < 1.29 is 4.42 Å². The van der Waals surface area contributed by atoms with Gasteiger partial charge in [0.25, 0.3) is 0 Å². The predicted octanol–water partition coefficient (Wildman–Crippen LogP) is 3.23. The van der Waals surface area contributed by atoms with E-state index >= 15 is 0 Å². The Morgan fingerprint density at radius 3 is 2.67 bits per heavy atom. The Labute approximate surface area is 134 Å². The highest BCUT2D eigenvalue weighted by Crippen LogP contribution is 2.21. The van der Waals surface area contributed by atoms with Crippen molar-refractivity contribution >= 4 is 38.4 Å². The quantitative estimate of drug-likeness (QED) is 0.271. The molecule has 0 unspecified atom stereocenters. The van der Waals surface area contributed by atoms with Crippen LogP contribution in [0.5, 0.6) is 0 Å². The average molecular weight is 313 g/mol. The first-order chi connectivity index (χ1) is 11.7. The molecule has 0 aliphatic rings. The summed E-state index contributed by atoms with van der Waals surface area (Å²) in [5.74, 6) is 0. The Kier molecular flexibility index (Phi) is 2.45. The molecule has 0 atom stereocenters. The minimum atomic E-state index is -0.538. The van der Waals surface area contributed by atoms with Crippen molar-refractivity contribution in [3.8, 4) is 0 Å². The molecule has 5 aromatic rings. The molecule has 114 valence electrons. The van der Waals surface area contributed by atoms with Gasteiger partial charge in [-0.2, -0.15) is 0 Å². The van der Waals surface area contributed by atoms with Crippen LogP contribution >= 0.6 is 0 Å². The topological polar surface area (TPSA) is 71.4 Å². The number of para-hydroxylation sites is 2. The number of pyridine rings is 1. The first-order valence-corrected chi connectivity index (χ1v) is 7.55. The predicted molar refractivity (Wildman–Crippen MR) is 92.1 cm³/mol. The Bertz CT molecular complexity index is 1400. The van der Waals surface area contributed by atoms with Gasteiger partial charge in [-0.1, -0.05) is 30.3 Å². The molecule has 0 saturated heterocycles. The molecule has 5 heteroatoms. The van der Waals surface area contributed by atoms with Gasteiger partial charge in [0.05, 0.1) is 11.0 Å². The molecule has 1 N–H and O–H groups in total. The van der Waals surface area contributed by atoms with Crippen LogP contribution in [0.15, 0.2) is 69.9 Å². The zero-order valence-corrected chi connectivity index (χ0v) is 12.5. The maximum Gasteiger partial charge on any atom is 0.349 e. The van der Waals surface area contributed by atoms with Gasteiger partial charge in [0, 0.05) is 5.39 Å². The molecule has 3 aromatic heterocycles. The minimum absolute atomic E-state index is 0.0892. The van der Waals surface area contributed by atoms with Crippen molar-refractivity contribution in [3.63, 3.8) is 0 Å². The van der Waals surface area contributed by atoms with Gasteiger partial charge in [0.15, 0.2) is 0 Å². The molecule has 0 aliphatic carbocycles. The van der Waals surface area contributed by atoms with Crippen LogP contribution < -0.4 is 11.1 Å². The van der Waals surface area contributed by atoms with Crippen molar-refractivity contribution in [1.82, 2.24) is 9.38 Å². The van der Waals surface area contributed by atoms with Crippen molar-refractivity contribution in [2.45, 2.75) is 0 Å². The summed E-state index contributed by atoms with van der Waals surface area (Å²) in [5.41, 5.74) is 1.99. The van der Waals surface area contributed by atoms with E-state index in [4.69, 9.17) is 9.83 Å². The number of hydrogen-bond donors (Lipinski definition) is 1. The molecule has 0 spiro atoms. The second-order valence-corrected chi connectivity index (χ2v) is 5.66. The summed E-state index contributed by atoms with van der Waals surface area (Å²) >= 11 is 0. The summed E-state index contributed by atoms with van der Waals surface area (Å²) < 4.78 is 7.07. The van der Waals surface area contributed by atoms with E-state index in [-0.39, 0.29) is 10.9 Å². The summed E-state index contributed by atoms with van der Waals surface area (Å²) in [7, 11) is 0. The zero-order valence-electron chi connectivity index (χ0n) is 12.5. The maximum atomic E-state index is 12.5. The van der Waals surface area contributed by atoms with E-state index in [0.29, 0.717) is 16.7 Å². The van der Waals surface area contributed by atoms with E-state index in [0.717, 1.165) is 16.3 Å². The van der Waals surface area contributed by atoms with Crippen LogP contribution in [0.2, 0.25) is 0 Å². The molecular formula is C19H11N3O2. The van der Waals surface area contributed by atoms with E-state index in [1.165, 1.54) is 0 Å². The Morgan fingerprint density at radius 2 is 1.75 bits per heavy atom. The third-order valence-corrected chi connectivity index (χ3v) is 4.29. The molecular weight excluding hydrogens is 302 g/mol. The van der Waals surface area contributed by atoms with Crippen LogP contribution in [-0.2, 0) is 0 Å². The van der Waals surface area contributed by atoms with Crippen LogP contribution in [-0.4, -0.2) is 9.38 Å². The highest BCUT2D eigenvalue weighted by atomic mass is 16.4. The fraction of sp³-hybridized carbons (Fsp3) is 0. The van der Waals surface area contributed by atoms with Crippen LogP contribution in [0.3, 0.4) is 0 Å². The molecule has 0 fully saturated rings. The average Bonchev–Trinajstić information content (AvgIpc) is 2.61. The van der Waals surface area contributed by atoms with Gasteiger partial charge < -0.3 is 4.42 Å². The van der Waals surface area contributed by atoms with Crippen molar-refractivity contribution in [1.29, 1.82) is 5.41 Å². The summed E-state index contributed by atoms with van der Waals surface area (Å²) in [6.45, 7) is 0. The van der Waals surface area contributed by atoms with Gasteiger partial charge in [0.1, 0.15) is 22.1 Å². The minimum Gasteiger partial charge on any atom is -0.422 e. The van der Waals surface area contributed by atoms with Gasteiger partial charge in [-0.05, 0) is 35.7 Å². The van der Waals surface area contributed by atoms with E-state index in [9.17, 15) is 4.79 Å². The second-order valence-electron chi connectivity index (χ2n) is 5.66. The van der Waals surface area contributed by atoms with E-state index in [2.05, 4.69) is 4.98 Å². The number of aromatic nitrogens is 2. The summed E-state index contributed by atoms with van der Waals surface area (Å²) in [6.07, 6.45) is 0. The third-order valence-electron chi connectivity index (χ3n) is 4.29. The molecule has 5 rings (SSSR count). The molecule has 0 saturated carbocycles. The van der Waals surface area contributed by atoms with E-state index in [1.54, 1.807) is 10.5 Å². The fourth-order valence-corrected chi connectivity index (χ4v) is 3.20. The lowest BCUT2D eigenvalue weighted by Crippen LogP contribution is -2.22. The van der Waals surface area contributed by atoms with Gasteiger partial charge in [-0.25, -0.2) is 9.78 Å². The molecule has 2 aromatic carbocycles. The van der Waals surface area contributed by atoms with Crippen LogP contribution in [0.25, 0.3) is 38.4 Å². The SMILES string of the molecule is N=c1c2c(=O)oc3ccccc3c2nc2ccc3ccccc3n12. The number of rotatable bonds is 0. The fourth-order valence-electron chi connectivity index (χ4n) is 3.20. The Morgan fingerprint density at radius 1 is 0.958 bits per heavy atom. The van der Waals surface area contributed by atoms with Crippen LogP contribution in [0.4, 0.5) is 0 Å². The summed E-state index contributed by atoms with van der Waals surface area (Å²) in [5, 5.41) is 10.5. The van der Waals surface area contributed by atoms with Gasteiger partial charge in [-0.15, -0.1) is 0 Å². The standard InChI is InChI=1S/C19H11N3O2/c20-18-16-17(12-6-2-4-8-14(12)24-19(16)23)21-15-10-9-11-5-1-3-7-13(11)22(15)18/h1-10,20H. The van der Waals surface area contributed by atoms with E-state index in [1.807, 2.05) is 54.6 Å². The lowest BCUT2D eigenvalue weighted by molar-refractivity contribution is 0.568. The normalized spacial score (nSPS) is 11.7. The smallest absolute Gasteiger partial charge is 0.349 e. The summed E-state index contributed by atoms with van der Waals surface area (Å²) in [6, 6.07) is 18.8. The first-order valence-electron chi connectivity index (χ1n) is 7.55. The highest BCUT2D eigenvalue weighted by Gasteiger charge is 2.13. The van der Waals surface area contributed by atoms with E-state index < -0.39 is 5.63 Å². The second kappa shape index (κ2) is 4.52. The lowest BCUT2D eigenvalue weighted by atomic mass is 10.1. The largest absolute Gasteiger partial charge is 0.422 e. The van der Waals surface area contributed by atoms with Gasteiger partial charge >= 0.3 is 5.63 Å². The molecule has 0 amide bonds. The van der Waals surface area contributed by atoms with Crippen LogP contribution in [0, 0.1) is 5.41 Å². The number of hydrogen-bond acceptors (Lipinski definition) is 4. The highest BCUT2D eigenvalue weighted by molar-refractivity contribution is 6.02. The maximum absolute atomic E-state index is 12.5. The molecule has 0 bridgehead atoms. The number of benzene rings is 2. The monoisotopic (exact) mass is 313 g/mol. The number of fused-ring (bicyclic) bond motifs is 6.